The summed E-state index contributed by atoms with van der Waals surface area (Å²) >= 11 is 0. The third kappa shape index (κ3) is 1.59. The van der Waals surface area contributed by atoms with Crippen molar-refractivity contribution in [2.45, 2.75) is 6.42 Å². The number of ether oxygens (including phenoxy) is 1. The van der Waals surface area contributed by atoms with Crippen molar-refractivity contribution < 1.29 is 13.4 Å². The first-order valence-corrected chi connectivity index (χ1v) is 7.81. The van der Waals surface area contributed by atoms with E-state index >= 15 is 0 Å². The monoisotopic (exact) mass is 300 g/mol. The van der Waals surface area contributed by atoms with Crippen molar-refractivity contribution >= 4 is 22.6 Å². The van der Waals surface area contributed by atoms with Gasteiger partial charge < -0.3 is 4.74 Å². The molecular formula is C20H16N2O. The van der Waals surface area contributed by atoms with Gasteiger partial charge in [0.25, 0.3) is 0 Å². The van der Waals surface area contributed by atoms with E-state index in [2.05, 4.69) is 75.7 Å². The molecule has 0 amide bonds. The fraction of sp³-hybridized carbons (Fsp3) is 0.100. The zero-order valence-corrected chi connectivity index (χ0v) is 12.9. The maximum Gasteiger partial charge on any atom is 0.364 e. The average Bonchev–Trinajstić information content (AvgIpc) is 2.95. The fourth-order valence-corrected chi connectivity index (χ4v) is 3.69. The Kier molecular flexibility index (Phi) is 2.48. The number of fused-ring (bicyclic) bond motifs is 3. The van der Waals surface area contributed by atoms with Crippen LogP contribution in [-0.2, 0) is 0 Å². The molecule has 2 aromatic heterocycles. The van der Waals surface area contributed by atoms with Crippen LogP contribution in [0.4, 0.5) is 0 Å². The van der Waals surface area contributed by atoms with Crippen LogP contribution in [0, 0.1) is 12.1 Å². The molecule has 1 aliphatic heterocycles. The minimum atomic E-state index is 0.837. The van der Waals surface area contributed by atoms with Crippen LogP contribution in [-0.4, -0.2) is 7.11 Å². The van der Waals surface area contributed by atoms with E-state index in [1.165, 1.54) is 27.6 Å². The molecule has 1 aromatic carbocycles. The lowest BCUT2D eigenvalue weighted by Crippen LogP contribution is -2.35. The molecule has 0 saturated carbocycles. The summed E-state index contributed by atoms with van der Waals surface area (Å²) in [5, 5.41) is 2.56. The predicted molar refractivity (Wildman–Crippen MR) is 88.5 cm³/mol. The highest BCUT2D eigenvalue weighted by Crippen LogP contribution is 2.25. The Labute approximate surface area is 133 Å². The molecule has 3 heteroatoms. The summed E-state index contributed by atoms with van der Waals surface area (Å²) in [6.07, 6.45) is 16.0. The zero-order valence-electron chi connectivity index (χ0n) is 12.9. The molecule has 0 N–H and O–H groups in total. The second-order valence-electron chi connectivity index (χ2n) is 5.87. The second-order valence-corrected chi connectivity index (χ2v) is 5.87. The summed E-state index contributed by atoms with van der Waals surface area (Å²) in [5.74, 6) is 2.18. The Hall–Kier alpha value is -2.94. The number of hydrogen-bond acceptors (Lipinski definition) is 1. The molecule has 3 heterocycles. The first-order valence-electron chi connectivity index (χ1n) is 7.81. The summed E-state index contributed by atoms with van der Waals surface area (Å²) in [5.41, 5.74) is 3.66. The lowest BCUT2D eigenvalue weighted by atomic mass is 9.89. The highest BCUT2D eigenvalue weighted by molar-refractivity contribution is 5.83. The van der Waals surface area contributed by atoms with Gasteiger partial charge in [-0.25, -0.2) is 4.24 Å². The predicted octanol–water partition coefficient (Wildman–Crippen LogP) is 1.84. The number of methoxy groups -OCH3 is 1. The van der Waals surface area contributed by atoms with Crippen LogP contribution in [0.2, 0.25) is 0 Å². The van der Waals surface area contributed by atoms with E-state index in [0.717, 1.165) is 17.9 Å². The van der Waals surface area contributed by atoms with Crippen LogP contribution in [0.25, 0.3) is 22.6 Å². The van der Waals surface area contributed by atoms with E-state index in [1.807, 2.05) is 0 Å². The largest absolute Gasteiger partial charge is 0.500 e. The van der Waals surface area contributed by atoms with Gasteiger partial charge >= 0.3 is 11.5 Å². The Morgan fingerprint density at radius 2 is 2.09 bits per heavy atom. The van der Waals surface area contributed by atoms with Crippen LogP contribution in [0.15, 0.2) is 54.8 Å². The molecule has 0 bridgehead atoms. The number of nitrogens with zero attached hydrogens (tertiary/aromatic N) is 2. The summed E-state index contributed by atoms with van der Waals surface area (Å²) in [4.78, 5) is 0. The molecule has 2 aliphatic rings. The van der Waals surface area contributed by atoms with Gasteiger partial charge in [-0.3, -0.25) is 0 Å². The van der Waals surface area contributed by atoms with Crippen LogP contribution >= 0.6 is 0 Å². The molecule has 0 atom stereocenters. The number of hydrogen-bond donors (Lipinski definition) is 0. The van der Waals surface area contributed by atoms with Crippen LogP contribution in [0.3, 0.4) is 0 Å². The van der Waals surface area contributed by atoms with E-state index in [-0.39, 0.29) is 0 Å². The molecule has 5 rings (SSSR count). The second kappa shape index (κ2) is 4.53. The van der Waals surface area contributed by atoms with Crippen molar-refractivity contribution in [2.75, 3.05) is 7.11 Å². The molecule has 0 saturated heterocycles. The Morgan fingerprint density at radius 3 is 3.00 bits per heavy atom. The molecule has 23 heavy (non-hydrogen) atoms. The van der Waals surface area contributed by atoms with Crippen molar-refractivity contribution in [1.29, 1.82) is 0 Å². The Balaban J connectivity index is 2.17. The van der Waals surface area contributed by atoms with Crippen LogP contribution in [0.5, 0.6) is 5.88 Å². The number of benzene rings is 1. The zero-order chi connectivity index (χ0) is 15.4. The fourth-order valence-electron chi connectivity index (χ4n) is 3.69. The van der Waals surface area contributed by atoms with Crippen molar-refractivity contribution in [3.8, 4) is 5.88 Å². The van der Waals surface area contributed by atoms with E-state index in [4.69, 9.17) is 4.74 Å². The lowest BCUT2D eigenvalue weighted by Gasteiger charge is -2.21. The van der Waals surface area contributed by atoms with Gasteiger partial charge in [0.2, 0.25) is 11.7 Å². The van der Waals surface area contributed by atoms with E-state index in [0.29, 0.717) is 0 Å². The molecule has 3 nitrogen and oxygen atoms in total. The maximum atomic E-state index is 5.62. The quantitative estimate of drug-likeness (QED) is 0.496. The van der Waals surface area contributed by atoms with Gasteiger partial charge in [-0.05, 0) is 6.42 Å². The highest BCUT2D eigenvalue weighted by atomic mass is 16.5. The standard InChI is InChI=1S/C20H16N2O/c1-23-18-13-22-17-11-3-2-9-15(17)16-10-6-8-14-7-4-5-12-21(18)20(22)19(14)16/h2-6,8-13H,7H2,1H3. The van der Waals surface area contributed by atoms with Crippen molar-refractivity contribution in [2.24, 2.45) is 0 Å². The van der Waals surface area contributed by atoms with Gasteiger partial charge in [0.05, 0.1) is 13.3 Å². The third-order valence-corrected chi connectivity index (χ3v) is 4.68. The van der Waals surface area contributed by atoms with Gasteiger partial charge in [0.15, 0.2) is 0 Å². The molecule has 0 radical (unpaired) electrons. The van der Waals surface area contributed by atoms with Crippen molar-refractivity contribution in [1.82, 2.24) is 0 Å². The van der Waals surface area contributed by atoms with Crippen molar-refractivity contribution in [3.05, 3.63) is 77.7 Å². The Bertz CT molecular complexity index is 1130. The topological polar surface area (TPSA) is 19.2 Å². The molecule has 0 spiro atoms. The molecule has 0 unspecified atom stereocenters. The highest BCUT2D eigenvalue weighted by Gasteiger charge is 2.26. The summed E-state index contributed by atoms with van der Waals surface area (Å²) in [7, 11) is 1.72. The minimum Gasteiger partial charge on any atom is -0.500 e. The molecular weight excluding hydrogens is 284 g/mol. The normalized spacial score (nSPS) is 15.3. The average molecular weight is 300 g/mol. The minimum absolute atomic E-state index is 0.837. The lowest BCUT2D eigenvalue weighted by molar-refractivity contribution is -0.568. The number of aromatic nitrogens is 2. The summed E-state index contributed by atoms with van der Waals surface area (Å²) < 4.78 is 10.0. The number of rotatable bonds is 1. The van der Waals surface area contributed by atoms with Crippen LogP contribution in [0.1, 0.15) is 12.0 Å². The molecule has 0 fully saturated rings. The van der Waals surface area contributed by atoms with Crippen molar-refractivity contribution in [3.63, 3.8) is 0 Å². The molecule has 1 aliphatic carbocycles. The van der Waals surface area contributed by atoms with E-state index in [1.54, 1.807) is 7.11 Å². The smallest absolute Gasteiger partial charge is 0.364 e. The van der Waals surface area contributed by atoms with E-state index < -0.39 is 0 Å². The van der Waals surface area contributed by atoms with Gasteiger partial charge in [-0.2, -0.15) is 0 Å². The maximum absolute atomic E-state index is 5.62. The van der Waals surface area contributed by atoms with E-state index in [9.17, 15) is 0 Å². The number of para-hydroxylation sites is 1. The number of imidazole rings is 1. The first-order chi connectivity index (χ1) is 11.4. The van der Waals surface area contributed by atoms with Gasteiger partial charge in [-0.1, -0.05) is 35.6 Å². The van der Waals surface area contributed by atoms with Crippen LogP contribution < -0.4 is 18.6 Å². The summed E-state index contributed by atoms with van der Waals surface area (Å²) in [6.45, 7) is 0. The van der Waals surface area contributed by atoms with Gasteiger partial charge in [0.1, 0.15) is 0 Å². The first kappa shape index (κ1) is 12.6. The third-order valence-electron chi connectivity index (χ3n) is 4.68. The number of allylic oxidation sites excluding steroid dienone is 4. The van der Waals surface area contributed by atoms with Gasteiger partial charge in [-0.15, -0.1) is 28.5 Å². The molecule has 3 aromatic rings. The Morgan fingerprint density at radius 1 is 1.17 bits per heavy atom. The van der Waals surface area contributed by atoms with Gasteiger partial charge in [0, 0.05) is 17.0 Å². The molecule has 112 valence electrons. The number of pyridine rings is 1. The SMILES string of the molecule is CO[c-]1c[n+]2c3ccccc3c3c4c2[n+]1=CC=CC[C-]4C=CC=3. The summed E-state index contributed by atoms with van der Waals surface area (Å²) in [6, 6.07) is 8.56.